The Morgan fingerprint density at radius 2 is 1.30 bits per heavy atom. The normalized spacial score (nSPS) is 18.8. The van der Waals surface area contributed by atoms with Crippen molar-refractivity contribution in [2.24, 2.45) is 0 Å². The topological polar surface area (TPSA) is 84.8 Å². The number of nitrogens with zero attached hydrogens (tertiary/aromatic N) is 8. The number of aliphatic hydroxyl groups excluding tert-OH is 1. The first-order valence-corrected chi connectivity index (χ1v) is 9.51. The third-order valence-electron chi connectivity index (χ3n) is 5.23. The fourth-order valence-electron chi connectivity index (χ4n) is 3.62. The molecule has 0 amide bonds. The van der Waals surface area contributed by atoms with E-state index >= 15 is 0 Å². The summed E-state index contributed by atoms with van der Waals surface area (Å²) in [5.41, 5.74) is 0. The molecule has 0 spiro atoms. The number of hydrogen-bond acceptors (Lipinski definition) is 9. The van der Waals surface area contributed by atoms with Crippen LogP contribution in [0.2, 0.25) is 0 Å². The number of hydrogen-bond donors (Lipinski definition) is 1. The van der Waals surface area contributed by atoms with Gasteiger partial charge in [-0.05, 0) is 12.1 Å². The van der Waals surface area contributed by atoms with Gasteiger partial charge in [-0.25, -0.2) is 4.98 Å². The van der Waals surface area contributed by atoms with E-state index in [1.165, 1.54) is 0 Å². The number of piperazine rings is 2. The molecule has 27 heavy (non-hydrogen) atoms. The highest BCUT2D eigenvalue weighted by Crippen LogP contribution is 2.19. The Hall–Kier alpha value is -2.52. The maximum atomic E-state index is 9.05. The Morgan fingerprint density at radius 3 is 1.78 bits per heavy atom. The molecule has 2 aromatic heterocycles. The average Bonchev–Trinajstić information content (AvgIpc) is 2.75. The van der Waals surface area contributed by atoms with Gasteiger partial charge in [-0.3, -0.25) is 9.88 Å². The van der Waals surface area contributed by atoms with Gasteiger partial charge >= 0.3 is 0 Å². The molecule has 1 N–H and O–H groups in total. The molecule has 0 radical (unpaired) electrons. The molecular weight excluding hydrogens is 344 g/mol. The van der Waals surface area contributed by atoms with E-state index in [1.54, 1.807) is 12.4 Å². The quantitative estimate of drug-likeness (QED) is 0.763. The predicted molar refractivity (Wildman–Crippen MR) is 104 cm³/mol. The molecule has 0 unspecified atom stereocenters. The molecule has 4 heterocycles. The summed E-state index contributed by atoms with van der Waals surface area (Å²) in [7, 11) is 0. The van der Waals surface area contributed by atoms with Crippen molar-refractivity contribution in [1.82, 2.24) is 25.1 Å². The van der Waals surface area contributed by atoms with Crippen LogP contribution in [0.25, 0.3) is 0 Å². The van der Waals surface area contributed by atoms with Crippen LogP contribution >= 0.6 is 0 Å². The minimum absolute atomic E-state index is 0.221. The van der Waals surface area contributed by atoms with Crippen molar-refractivity contribution >= 4 is 17.5 Å². The van der Waals surface area contributed by atoms with Gasteiger partial charge in [0.2, 0.25) is 0 Å². The summed E-state index contributed by atoms with van der Waals surface area (Å²) >= 11 is 0. The summed E-state index contributed by atoms with van der Waals surface area (Å²) in [6, 6.07) is 4.14. The highest BCUT2D eigenvalue weighted by atomic mass is 16.3. The van der Waals surface area contributed by atoms with E-state index in [-0.39, 0.29) is 6.61 Å². The van der Waals surface area contributed by atoms with Gasteiger partial charge in [0.25, 0.3) is 0 Å². The Morgan fingerprint density at radius 1 is 0.741 bits per heavy atom. The van der Waals surface area contributed by atoms with Crippen molar-refractivity contribution in [1.29, 1.82) is 0 Å². The van der Waals surface area contributed by atoms with Crippen molar-refractivity contribution in [3.8, 4) is 0 Å². The zero-order valence-electron chi connectivity index (χ0n) is 15.5. The molecule has 144 valence electrons. The Bertz CT molecular complexity index is 697. The molecule has 0 aliphatic carbocycles. The number of rotatable bonds is 5. The van der Waals surface area contributed by atoms with Gasteiger partial charge in [0, 0.05) is 71.3 Å². The summed E-state index contributed by atoms with van der Waals surface area (Å²) in [4.78, 5) is 17.6. The summed E-state index contributed by atoms with van der Waals surface area (Å²) in [6.07, 6.45) is 5.24. The molecule has 2 aliphatic heterocycles. The van der Waals surface area contributed by atoms with Crippen LogP contribution in [0, 0.1) is 0 Å². The van der Waals surface area contributed by atoms with Crippen LogP contribution in [0.1, 0.15) is 0 Å². The van der Waals surface area contributed by atoms with Crippen LogP contribution in [0.15, 0.2) is 30.7 Å². The molecule has 2 saturated heterocycles. The van der Waals surface area contributed by atoms with E-state index in [0.717, 1.165) is 76.4 Å². The van der Waals surface area contributed by atoms with Gasteiger partial charge in [-0.2, -0.15) is 0 Å². The van der Waals surface area contributed by atoms with Crippen LogP contribution in [0.5, 0.6) is 0 Å². The van der Waals surface area contributed by atoms with E-state index in [0.29, 0.717) is 0 Å². The SMILES string of the molecule is OCCN1CCN(c2ccc(N3CCN(c4cnccn4)CC3)nn2)CC1. The van der Waals surface area contributed by atoms with Crippen LogP contribution in [0.4, 0.5) is 17.5 Å². The average molecular weight is 370 g/mol. The van der Waals surface area contributed by atoms with Gasteiger partial charge in [-0.15, -0.1) is 10.2 Å². The molecule has 2 fully saturated rings. The molecule has 0 bridgehead atoms. The molecular formula is C18H26N8O. The van der Waals surface area contributed by atoms with Crippen molar-refractivity contribution in [3.05, 3.63) is 30.7 Å². The van der Waals surface area contributed by atoms with Crippen LogP contribution in [0.3, 0.4) is 0 Å². The standard InChI is InChI=1S/C18H26N8O/c27-14-13-23-5-7-24(8-6-23)16-1-2-17(22-21-16)25-9-11-26(12-10-25)18-15-19-3-4-20-18/h1-4,15,27H,5-14H2. The second kappa shape index (κ2) is 8.45. The molecule has 2 aliphatic rings. The first-order chi connectivity index (χ1) is 13.3. The number of aromatic nitrogens is 4. The van der Waals surface area contributed by atoms with E-state index in [9.17, 15) is 0 Å². The zero-order valence-corrected chi connectivity index (χ0v) is 15.5. The van der Waals surface area contributed by atoms with Gasteiger partial charge in [-0.1, -0.05) is 0 Å². The van der Waals surface area contributed by atoms with Crippen LogP contribution in [-0.4, -0.2) is 95.7 Å². The van der Waals surface area contributed by atoms with E-state index in [2.05, 4.69) is 51.9 Å². The van der Waals surface area contributed by atoms with Crippen molar-refractivity contribution in [3.63, 3.8) is 0 Å². The third kappa shape index (κ3) is 4.25. The Kier molecular flexibility index (Phi) is 5.59. The monoisotopic (exact) mass is 370 g/mol. The smallest absolute Gasteiger partial charge is 0.151 e. The molecule has 0 saturated carbocycles. The molecule has 2 aromatic rings. The summed E-state index contributed by atoms with van der Waals surface area (Å²) in [5, 5.41) is 18.0. The van der Waals surface area contributed by atoms with Gasteiger partial charge in [0.1, 0.15) is 5.82 Å². The summed E-state index contributed by atoms with van der Waals surface area (Å²) in [5.74, 6) is 2.79. The molecule has 0 atom stereocenters. The number of aliphatic hydroxyl groups is 1. The van der Waals surface area contributed by atoms with E-state index in [4.69, 9.17) is 5.11 Å². The van der Waals surface area contributed by atoms with Crippen molar-refractivity contribution in [2.45, 2.75) is 0 Å². The van der Waals surface area contributed by atoms with Gasteiger partial charge < -0.3 is 19.8 Å². The fraction of sp³-hybridized carbons (Fsp3) is 0.556. The van der Waals surface area contributed by atoms with Crippen molar-refractivity contribution < 1.29 is 5.11 Å². The number of β-amino-alcohol motifs (C(OH)–C–C–N with tert-alkyl or cyclic N) is 1. The minimum Gasteiger partial charge on any atom is -0.395 e. The van der Waals surface area contributed by atoms with E-state index < -0.39 is 0 Å². The predicted octanol–water partition coefficient (Wildman–Crippen LogP) is -0.292. The first kappa shape index (κ1) is 17.9. The highest BCUT2D eigenvalue weighted by molar-refractivity contribution is 5.47. The lowest BCUT2D eigenvalue weighted by Crippen LogP contribution is -2.48. The summed E-state index contributed by atoms with van der Waals surface area (Å²) in [6.45, 7) is 8.30. The lowest BCUT2D eigenvalue weighted by Gasteiger charge is -2.36. The fourth-order valence-corrected chi connectivity index (χ4v) is 3.62. The van der Waals surface area contributed by atoms with Crippen LogP contribution < -0.4 is 14.7 Å². The zero-order chi connectivity index (χ0) is 18.5. The molecule has 4 rings (SSSR count). The lowest BCUT2D eigenvalue weighted by molar-refractivity contribution is 0.188. The summed E-state index contributed by atoms with van der Waals surface area (Å²) < 4.78 is 0. The molecule has 0 aromatic carbocycles. The lowest BCUT2D eigenvalue weighted by atomic mass is 10.3. The van der Waals surface area contributed by atoms with Crippen molar-refractivity contribution in [2.75, 3.05) is 80.2 Å². The second-order valence-corrected chi connectivity index (χ2v) is 6.84. The Labute approximate surface area is 159 Å². The number of anilines is 3. The Balaban J connectivity index is 1.31. The van der Waals surface area contributed by atoms with E-state index in [1.807, 2.05) is 6.20 Å². The first-order valence-electron chi connectivity index (χ1n) is 9.51. The van der Waals surface area contributed by atoms with Gasteiger partial charge in [0.05, 0.1) is 12.8 Å². The maximum absolute atomic E-state index is 9.05. The maximum Gasteiger partial charge on any atom is 0.151 e. The van der Waals surface area contributed by atoms with Gasteiger partial charge in [0.15, 0.2) is 11.6 Å². The molecule has 9 heteroatoms. The highest BCUT2D eigenvalue weighted by Gasteiger charge is 2.21. The van der Waals surface area contributed by atoms with Crippen LogP contribution in [-0.2, 0) is 0 Å². The molecule has 9 nitrogen and oxygen atoms in total. The third-order valence-corrected chi connectivity index (χ3v) is 5.23. The second-order valence-electron chi connectivity index (χ2n) is 6.84. The largest absolute Gasteiger partial charge is 0.395 e. The minimum atomic E-state index is 0.221.